The van der Waals surface area contributed by atoms with E-state index < -0.39 is 0 Å². The van der Waals surface area contributed by atoms with Gasteiger partial charge in [-0.15, -0.1) is 10.2 Å². The van der Waals surface area contributed by atoms with Gasteiger partial charge in [0.25, 0.3) is 0 Å². The van der Waals surface area contributed by atoms with Crippen molar-refractivity contribution in [3.8, 4) is 11.4 Å². The number of hydrogen-bond acceptors (Lipinski definition) is 4. The Morgan fingerprint density at radius 1 is 0.438 bits per heavy atom. The van der Waals surface area contributed by atoms with Gasteiger partial charge in [0.2, 0.25) is 9.60 Å². The maximum absolute atomic E-state index is 4.77. The number of fused-ring (bicyclic) bond motifs is 2. The Balaban J connectivity index is 1.65. The summed E-state index contributed by atoms with van der Waals surface area (Å²) >= 11 is 3.29. The Bertz CT molecular complexity index is 1540. The first kappa shape index (κ1) is 19.0. The van der Waals surface area contributed by atoms with Crippen LogP contribution < -0.4 is 9.60 Å². The van der Waals surface area contributed by atoms with Gasteiger partial charge in [0.15, 0.2) is 0 Å². The fraction of sp³-hybridized carbons (Fsp3) is 0. The van der Waals surface area contributed by atoms with Crippen molar-refractivity contribution in [2.75, 3.05) is 0 Å². The molecule has 0 aliphatic rings. The number of benzene rings is 4. The van der Waals surface area contributed by atoms with Crippen LogP contribution >= 0.6 is 22.7 Å². The average Bonchev–Trinajstić information content (AvgIpc) is 3.41. The Hall–Kier alpha value is -3.74. The minimum atomic E-state index is 0.842. The molecular weight excluding hydrogens is 432 g/mol. The zero-order chi connectivity index (χ0) is 21.3. The first-order valence-corrected chi connectivity index (χ1v) is 11.9. The molecule has 6 rings (SSSR count). The largest absolute Gasteiger partial charge is 0.284 e. The summed E-state index contributed by atoms with van der Waals surface area (Å²) in [6, 6.07) is 37.4. The van der Waals surface area contributed by atoms with Crippen LogP contribution in [0.3, 0.4) is 0 Å². The van der Waals surface area contributed by atoms with Gasteiger partial charge in [0.1, 0.15) is 0 Å². The highest BCUT2D eigenvalue weighted by Crippen LogP contribution is 2.22. The van der Waals surface area contributed by atoms with Crippen LogP contribution in [0, 0.1) is 0 Å². The summed E-state index contributed by atoms with van der Waals surface area (Å²) in [5, 5.41) is 9.54. The third-order valence-corrected chi connectivity index (χ3v) is 7.27. The summed E-state index contributed by atoms with van der Waals surface area (Å²) in [6.07, 6.45) is 0. The van der Waals surface area contributed by atoms with E-state index in [4.69, 9.17) is 10.2 Å². The summed E-state index contributed by atoms with van der Waals surface area (Å²) in [4.78, 5) is 1.68. The van der Waals surface area contributed by atoms with Gasteiger partial charge in [-0.2, -0.15) is 0 Å². The van der Waals surface area contributed by atoms with Gasteiger partial charge < -0.3 is 0 Å². The van der Waals surface area contributed by atoms with Crippen molar-refractivity contribution in [3.05, 3.63) is 119 Å². The smallest absolute Gasteiger partial charge is 0.216 e. The quantitative estimate of drug-likeness (QED) is 0.292. The van der Waals surface area contributed by atoms with E-state index in [0.717, 1.165) is 32.0 Å². The molecule has 32 heavy (non-hydrogen) atoms. The fourth-order valence-corrected chi connectivity index (χ4v) is 5.79. The van der Waals surface area contributed by atoms with Crippen molar-refractivity contribution >= 4 is 43.1 Å². The van der Waals surface area contributed by atoms with Crippen LogP contribution in [0.4, 0.5) is 0 Å². The van der Waals surface area contributed by atoms with Gasteiger partial charge in [-0.1, -0.05) is 83.3 Å². The molecule has 0 atom stereocenters. The van der Waals surface area contributed by atoms with Gasteiger partial charge in [0, 0.05) is 11.4 Å². The number of thiazole rings is 2. The molecule has 154 valence electrons. The second kappa shape index (κ2) is 8.07. The second-order valence-corrected chi connectivity index (χ2v) is 9.26. The van der Waals surface area contributed by atoms with E-state index in [2.05, 4.69) is 81.9 Å². The molecule has 0 saturated carbocycles. The lowest BCUT2D eigenvalue weighted by Crippen LogP contribution is -2.15. The molecular formula is C26H18N4S2. The average molecular weight is 451 g/mol. The molecule has 0 radical (unpaired) electrons. The summed E-state index contributed by atoms with van der Waals surface area (Å²) in [5.74, 6) is 0. The van der Waals surface area contributed by atoms with E-state index in [1.165, 1.54) is 9.40 Å². The third kappa shape index (κ3) is 3.30. The third-order valence-electron chi connectivity index (χ3n) is 5.25. The fourth-order valence-electron chi connectivity index (χ4n) is 3.82. The molecule has 0 aliphatic carbocycles. The summed E-state index contributed by atoms with van der Waals surface area (Å²) in [5.41, 5.74) is 4.41. The summed E-state index contributed by atoms with van der Waals surface area (Å²) < 4.78 is 6.70. The Morgan fingerprint density at radius 3 is 1.25 bits per heavy atom. The highest BCUT2D eigenvalue weighted by Gasteiger charge is 2.09. The van der Waals surface area contributed by atoms with Crippen LogP contribution in [0.15, 0.2) is 119 Å². The topological polar surface area (TPSA) is 34.6 Å². The lowest BCUT2D eigenvalue weighted by molar-refractivity contribution is 0.933. The first-order valence-electron chi connectivity index (χ1n) is 10.3. The summed E-state index contributed by atoms with van der Waals surface area (Å²) in [7, 11) is 0. The number of nitrogens with zero attached hydrogens (tertiary/aromatic N) is 4. The normalized spacial score (nSPS) is 12.8. The van der Waals surface area contributed by atoms with E-state index in [1.807, 2.05) is 36.4 Å². The Morgan fingerprint density at radius 2 is 0.812 bits per heavy atom. The lowest BCUT2D eigenvalue weighted by atomic mass is 10.3. The number of rotatable bonds is 3. The SMILES string of the molecule is c1ccc(-n2/c(=N/N=c3/sc4ccccc4n3-c3ccccc3)sc3ccccc32)cc1. The van der Waals surface area contributed by atoms with Crippen molar-refractivity contribution in [1.82, 2.24) is 9.13 Å². The number of hydrogen-bond donors (Lipinski definition) is 0. The standard InChI is InChI=1S/C26H18N4S2/c1-3-11-19(12-4-1)29-21-15-7-9-17-23(21)31-25(29)27-28-26-30(20-13-5-2-6-14-20)22-16-8-10-18-24(22)32-26/h1-18H/b27-25-,28-26+. The Labute approximate surface area is 192 Å². The van der Waals surface area contributed by atoms with E-state index in [0.29, 0.717) is 0 Å². The molecule has 0 unspecified atom stereocenters. The predicted molar refractivity (Wildman–Crippen MR) is 133 cm³/mol. The van der Waals surface area contributed by atoms with Crippen LogP contribution in [0.2, 0.25) is 0 Å². The molecule has 0 spiro atoms. The van der Waals surface area contributed by atoms with Crippen LogP contribution in [-0.2, 0) is 0 Å². The van der Waals surface area contributed by atoms with Gasteiger partial charge in [-0.3, -0.25) is 9.13 Å². The molecule has 0 aliphatic heterocycles. The highest BCUT2D eigenvalue weighted by molar-refractivity contribution is 7.16. The van der Waals surface area contributed by atoms with E-state index in [1.54, 1.807) is 22.7 Å². The maximum atomic E-state index is 4.77. The van der Waals surface area contributed by atoms with Crippen molar-refractivity contribution in [1.29, 1.82) is 0 Å². The number of aromatic nitrogens is 2. The van der Waals surface area contributed by atoms with Crippen molar-refractivity contribution < 1.29 is 0 Å². The van der Waals surface area contributed by atoms with Gasteiger partial charge in [0.05, 0.1) is 20.4 Å². The monoisotopic (exact) mass is 450 g/mol. The predicted octanol–water partition coefficient (Wildman–Crippen LogP) is 6.11. The van der Waals surface area contributed by atoms with E-state index in [9.17, 15) is 0 Å². The molecule has 4 aromatic carbocycles. The van der Waals surface area contributed by atoms with Crippen molar-refractivity contribution in [2.45, 2.75) is 0 Å². The molecule has 0 fully saturated rings. The van der Waals surface area contributed by atoms with E-state index in [-0.39, 0.29) is 0 Å². The number of para-hydroxylation sites is 4. The minimum absolute atomic E-state index is 0.842. The van der Waals surface area contributed by atoms with Crippen LogP contribution in [-0.4, -0.2) is 9.13 Å². The van der Waals surface area contributed by atoms with Crippen LogP contribution in [0.1, 0.15) is 0 Å². The van der Waals surface area contributed by atoms with Gasteiger partial charge in [-0.25, -0.2) is 0 Å². The molecule has 2 heterocycles. The minimum Gasteiger partial charge on any atom is -0.284 e. The summed E-state index contributed by atoms with van der Waals surface area (Å²) in [6.45, 7) is 0. The van der Waals surface area contributed by atoms with Gasteiger partial charge >= 0.3 is 0 Å². The molecule has 6 aromatic rings. The van der Waals surface area contributed by atoms with Crippen molar-refractivity contribution in [2.24, 2.45) is 10.2 Å². The molecule has 0 N–H and O–H groups in total. The van der Waals surface area contributed by atoms with Crippen molar-refractivity contribution in [3.63, 3.8) is 0 Å². The molecule has 2 aromatic heterocycles. The molecule has 0 amide bonds. The van der Waals surface area contributed by atoms with Crippen LogP contribution in [0.5, 0.6) is 0 Å². The zero-order valence-corrected chi connectivity index (χ0v) is 18.6. The highest BCUT2D eigenvalue weighted by atomic mass is 32.1. The molecule has 0 saturated heterocycles. The van der Waals surface area contributed by atoms with E-state index >= 15 is 0 Å². The van der Waals surface area contributed by atoms with Gasteiger partial charge in [-0.05, 0) is 48.5 Å². The molecule has 6 heteroatoms. The second-order valence-electron chi connectivity index (χ2n) is 7.25. The molecule has 4 nitrogen and oxygen atoms in total. The molecule has 0 bridgehead atoms. The maximum Gasteiger partial charge on any atom is 0.216 e. The Kier molecular flexibility index (Phi) is 4.79. The lowest BCUT2D eigenvalue weighted by Gasteiger charge is -2.04. The first-order chi connectivity index (χ1) is 15.9. The zero-order valence-electron chi connectivity index (χ0n) is 17.0. The van der Waals surface area contributed by atoms with Crippen LogP contribution in [0.25, 0.3) is 31.8 Å².